The maximum absolute atomic E-state index is 13.3. The van der Waals surface area contributed by atoms with Crippen LogP contribution in [0.1, 0.15) is 26.3 Å². The summed E-state index contributed by atoms with van der Waals surface area (Å²) in [6.07, 6.45) is 0.630. The molecule has 4 heteroatoms. The van der Waals surface area contributed by atoms with Crippen molar-refractivity contribution in [2.45, 2.75) is 38.8 Å². The van der Waals surface area contributed by atoms with Gasteiger partial charge in [0.15, 0.2) is 0 Å². The number of ether oxygens (including phenoxy) is 1. The van der Waals surface area contributed by atoms with Crippen LogP contribution in [0.2, 0.25) is 5.02 Å². The molecule has 0 fully saturated rings. The van der Waals surface area contributed by atoms with Gasteiger partial charge in [-0.15, -0.1) is 0 Å². The van der Waals surface area contributed by atoms with Gasteiger partial charge in [0.25, 0.3) is 0 Å². The van der Waals surface area contributed by atoms with Gasteiger partial charge in [-0.25, -0.2) is 4.39 Å². The van der Waals surface area contributed by atoms with Gasteiger partial charge in [0.1, 0.15) is 5.82 Å². The highest BCUT2D eigenvalue weighted by atomic mass is 35.5. The Morgan fingerprint density at radius 1 is 1.44 bits per heavy atom. The van der Waals surface area contributed by atoms with E-state index in [0.717, 1.165) is 12.1 Å². The predicted molar refractivity (Wildman–Crippen MR) is 73.7 cm³/mol. The van der Waals surface area contributed by atoms with E-state index in [1.807, 2.05) is 20.8 Å². The van der Waals surface area contributed by atoms with Crippen LogP contribution in [0.3, 0.4) is 0 Å². The Labute approximate surface area is 113 Å². The highest BCUT2D eigenvalue weighted by Crippen LogP contribution is 2.23. The van der Waals surface area contributed by atoms with Gasteiger partial charge in [-0.2, -0.15) is 0 Å². The zero-order valence-corrected chi connectivity index (χ0v) is 12.1. The monoisotopic (exact) mass is 273 g/mol. The van der Waals surface area contributed by atoms with Crippen LogP contribution in [0.5, 0.6) is 0 Å². The van der Waals surface area contributed by atoms with Crippen molar-refractivity contribution in [1.29, 1.82) is 0 Å². The lowest BCUT2D eigenvalue weighted by Gasteiger charge is -2.34. The first-order chi connectivity index (χ1) is 8.40. The van der Waals surface area contributed by atoms with Crippen molar-refractivity contribution in [3.63, 3.8) is 0 Å². The van der Waals surface area contributed by atoms with Crippen LogP contribution in [0, 0.1) is 5.82 Å². The molecule has 102 valence electrons. The number of likely N-dealkylation sites (N-methyl/N-ethyl adjacent to an activating group) is 1. The number of benzene rings is 1. The SMILES string of the molecule is CCNC(Cc1cc(F)ccc1Cl)C(C)(C)OC. The van der Waals surface area contributed by atoms with E-state index < -0.39 is 0 Å². The Morgan fingerprint density at radius 2 is 2.11 bits per heavy atom. The summed E-state index contributed by atoms with van der Waals surface area (Å²) in [5, 5.41) is 3.95. The zero-order valence-electron chi connectivity index (χ0n) is 11.4. The lowest BCUT2D eigenvalue weighted by atomic mass is 9.92. The molecule has 1 aromatic rings. The molecule has 0 aliphatic rings. The molecule has 0 heterocycles. The van der Waals surface area contributed by atoms with Crippen LogP contribution in [0.25, 0.3) is 0 Å². The topological polar surface area (TPSA) is 21.3 Å². The fourth-order valence-electron chi connectivity index (χ4n) is 1.87. The van der Waals surface area contributed by atoms with E-state index in [2.05, 4.69) is 5.32 Å². The third kappa shape index (κ3) is 3.94. The third-order valence-electron chi connectivity index (χ3n) is 3.25. The van der Waals surface area contributed by atoms with Gasteiger partial charge in [0.05, 0.1) is 5.60 Å². The number of nitrogens with one attached hydrogen (secondary N) is 1. The van der Waals surface area contributed by atoms with E-state index in [0.29, 0.717) is 11.4 Å². The smallest absolute Gasteiger partial charge is 0.123 e. The Bertz CT molecular complexity index is 395. The maximum atomic E-state index is 13.3. The van der Waals surface area contributed by atoms with Gasteiger partial charge in [0, 0.05) is 18.2 Å². The highest BCUT2D eigenvalue weighted by molar-refractivity contribution is 6.31. The van der Waals surface area contributed by atoms with E-state index in [4.69, 9.17) is 16.3 Å². The van der Waals surface area contributed by atoms with Crippen molar-refractivity contribution < 1.29 is 9.13 Å². The van der Waals surface area contributed by atoms with Gasteiger partial charge < -0.3 is 10.1 Å². The molecule has 0 aliphatic carbocycles. The van der Waals surface area contributed by atoms with Crippen molar-refractivity contribution in [2.24, 2.45) is 0 Å². The molecule has 0 bridgehead atoms. The second-order valence-electron chi connectivity index (χ2n) is 4.86. The zero-order chi connectivity index (χ0) is 13.8. The van der Waals surface area contributed by atoms with Crippen molar-refractivity contribution in [2.75, 3.05) is 13.7 Å². The summed E-state index contributed by atoms with van der Waals surface area (Å²) < 4.78 is 18.7. The Kier molecular flexibility index (Phi) is 5.57. The van der Waals surface area contributed by atoms with Gasteiger partial charge in [-0.05, 0) is 50.6 Å². The second kappa shape index (κ2) is 6.50. The molecule has 1 N–H and O–H groups in total. The van der Waals surface area contributed by atoms with E-state index in [-0.39, 0.29) is 17.5 Å². The van der Waals surface area contributed by atoms with Crippen LogP contribution in [0.4, 0.5) is 4.39 Å². The highest BCUT2D eigenvalue weighted by Gasteiger charge is 2.29. The minimum atomic E-state index is -0.342. The number of hydrogen-bond acceptors (Lipinski definition) is 2. The molecule has 18 heavy (non-hydrogen) atoms. The molecule has 0 aliphatic heterocycles. The molecule has 0 radical (unpaired) electrons. The number of halogens is 2. The third-order valence-corrected chi connectivity index (χ3v) is 3.62. The Balaban J connectivity index is 2.93. The maximum Gasteiger partial charge on any atom is 0.123 e. The molecule has 1 aromatic carbocycles. The van der Waals surface area contributed by atoms with Crippen molar-refractivity contribution >= 4 is 11.6 Å². The summed E-state index contributed by atoms with van der Waals surface area (Å²) in [6, 6.07) is 4.52. The lowest BCUT2D eigenvalue weighted by molar-refractivity contribution is -0.00961. The van der Waals surface area contributed by atoms with Crippen molar-refractivity contribution in [3.05, 3.63) is 34.6 Å². The quantitative estimate of drug-likeness (QED) is 0.857. The van der Waals surface area contributed by atoms with E-state index in [9.17, 15) is 4.39 Å². The van der Waals surface area contributed by atoms with Gasteiger partial charge in [-0.1, -0.05) is 18.5 Å². The first-order valence-electron chi connectivity index (χ1n) is 6.13. The fraction of sp³-hybridized carbons (Fsp3) is 0.571. The molecule has 0 aromatic heterocycles. The molecule has 1 rings (SSSR count). The van der Waals surface area contributed by atoms with Crippen LogP contribution in [0.15, 0.2) is 18.2 Å². The average molecular weight is 274 g/mol. The molecular formula is C14H21ClFNO. The summed E-state index contributed by atoms with van der Waals surface area (Å²) in [5.74, 6) is -0.264. The number of rotatable bonds is 6. The predicted octanol–water partition coefficient (Wildman–Crippen LogP) is 3.42. The minimum Gasteiger partial charge on any atom is -0.377 e. The molecule has 1 atom stereocenters. The molecule has 0 spiro atoms. The lowest BCUT2D eigenvalue weighted by Crippen LogP contribution is -2.49. The standard InChI is InChI=1S/C14H21ClFNO/c1-5-17-13(14(2,3)18-4)9-10-8-11(16)6-7-12(10)15/h6-8,13,17H,5,9H2,1-4H3. The average Bonchev–Trinajstić information content (AvgIpc) is 2.33. The van der Waals surface area contributed by atoms with Crippen LogP contribution >= 0.6 is 11.6 Å². The number of methoxy groups -OCH3 is 1. The van der Waals surface area contributed by atoms with Crippen LogP contribution < -0.4 is 5.32 Å². The Morgan fingerprint density at radius 3 is 2.67 bits per heavy atom. The van der Waals surface area contributed by atoms with Crippen molar-refractivity contribution in [3.8, 4) is 0 Å². The Hall–Kier alpha value is -0.640. The first-order valence-corrected chi connectivity index (χ1v) is 6.51. The normalized spacial score (nSPS) is 13.7. The van der Waals surface area contributed by atoms with Gasteiger partial charge in [0.2, 0.25) is 0 Å². The summed E-state index contributed by atoms with van der Waals surface area (Å²) >= 11 is 6.10. The molecule has 0 saturated carbocycles. The van der Waals surface area contributed by atoms with Gasteiger partial charge in [-0.3, -0.25) is 0 Å². The van der Waals surface area contributed by atoms with Crippen molar-refractivity contribution in [1.82, 2.24) is 5.32 Å². The first kappa shape index (κ1) is 15.4. The minimum absolute atomic E-state index is 0.0757. The molecule has 2 nitrogen and oxygen atoms in total. The summed E-state index contributed by atoms with van der Waals surface area (Å²) in [6.45, 7) is 6.87. The number of hydrogen-bond donors (Lipinski definition) is 1. The van der Waals surface area contributed by atoms with Crippen LogP contribution in [-0.2, 0) is 11.2 Å². The summed E-state index contributed by atoms with van der Waals surface area (Å²) in [4.78, 5) is 0. The van der Waals surface area contributed by atoms with Gasteiger partial charge >= 0.3 is 0 Å². The van der Waals surface area contributed by atoms with Crippen LogP contribution in [-0.4, -0.2) is 25.3 Å². The second-order valence-corrected chi connectivity index (χ2v) is 5.26. The van der Waals surface area contributed by atoms with E-state index in [1.165, 1.54) is 12.1 Å². The fourth-order valence-corrected chi connectivity index (χ4v) is 2.07. The molecule has 0 saturated heterocycles. The summed E-state index contributed by atoms with van der Waals surface area (Å²) in [5.41, 5.74) is 0.457. The largest absolute Gasteiger partial charge is 0.377 e. The van der Waals surface area contributed by atoms with E-state index in [1.54, 1.807) is 13.2 Å². The molecule has 1 unspecified atom stereocenters. The van der Waals surface area contributed by atoms with E-state index >= 15 is 0 Å². The molecular weight excluding hydrogens is 253 g/mol. The summed E-state index contributed by atoms with van der Waals surface area (Å²) in [7, 11) is 1.68. The molecule has 0 amide bonds.